The molecular formula is C24H35NO10. The quantitative estimate of drug-likeness (QED) is 0.184. The third-order valence-electron chi connectivity index (χ3n) is 4.72. The average molecular weight is 498 g/mol. The second kappa shape index (κ2) is 17.4. The Kier molecular flexibility index (Phi) is 14.9. The fourth-order valence-corrected chi connectivity index (χ4v) is 2.85. The van der Waals surface area contributed by atoms with Crippen LogP contribution in [0.25, 0.3) is 0 Å². The van der Waals surface area contributed by atoms with Gasteiger partial charge in [0.2, 0.25) is 0 Å². The third kappa shape index (κ3) is 13.4. The molecule has 35 heavy (non-hydrogen) atoms. The number of nitrogens with zero attached hydrogens (tertiary/aromatic N) is 1. The average Bonchev–Trinajstić information content (AvgIpc) is 2.85. The number of pyridine rings is 1. The molecule has 1 aromatic heterocycles. The van der Waals surface area contributed by atoms with Gasteiger partial charge in [-0.25, -0.2) is 14.6 Å². The number of aliphatic hydroxyl groups is 2. The second-order valence-corrected chi connectivity index (χ2v) is 7.90. The predicted molar refractivity (Wildman–Crippen MR) is 122 cm³/mol. The maximum absolute atomic E-state index is 12.1. The van der Waals surface area contributed by atoms with Crippen LogP contribution in [-0.2, 0) is 28.5 Å². The molecule has 11 nitrogen and oxygen atoms in total. The van der Waals surface area contributed by atoms with Gasteiger partial charge >= 0.3 is 23.9 Å². The zero-order valence-electron chi connectivity index (χ0n) is 20.3. The summed E-state index contributed by atoms with van der Waals surface area (Å²) in [6.45, 7) is 1.75. The van der Waals surface area contributed by atoms with Crippen molar-refractivity contribution < 1.29 is 48.3 Å². The van der Waals surface area contributed by atoms with Crippen LogP contribution >= 0.6 is 0 Å². The largest absolute Gasteiger partial charge is 0.463 e. The molecule has 0 aliphatic carbocycles. The van der Waals surface area contributed by atoms with E-state index < -0.39 is 49.3 Å². The maximum Gasteiger partial charge on any atom is 0.357 e. The van der Waals surface area contributed by atoms with Crippen LogP contribution in [-0.4, -0.2) is 77.7 Å². The number of carbonyl (C=O) groups is 4. The van der Waals surface area contributed by atoms with E-state index in [2.05, 4.69) is 11.9 Å². The Balaban J connectivity index is 2.32. The Hall–Kier alpha value is -3.05. The highest BCUT2D eigenvalue weighted by atomic mass is 16.6. The zero-order chi connectivity index (χ0) is 26.1. The summed E-state index contributed by atoms with van der Waals surface area (Å²) in [7, 11) is 0. The van der Waals surface area contributed by atoms with Crippen molar-refractivity contribution in [1.82, 2.24) is 4.98 Å². The summed E-state index contributed by atoms with van der Waals surface area (Å²) in [6, 6.07) is 2.52. The smallest absolute Gasteiger partial charge is 0.357 e. The van der Waals surface area contributed by atoms with Crippen molar-refractivity contribution in [3.63, 3.8) is 0 Å². The predicted octanol–water partition coefficient (Wildman–Crippen LogP) is 1.97. The van der Waals surface area contributed by atoms with E-state index in [-0.39, 0.29) is 30.9 Å². The van der Waals surface area contributed by atoms with E-state index in [1.807, 2.05) is 0 Å². The summed E-state index contributed by atoms with van der Waals surface area (Å²) < 4.78 is 19.6. The molecule has 0 aliphatic heterocycles. The van der Waals surface area contributed by atoms with Crippen LogP contribution in [0.1, 0.15) is 79.6 Å². The lowest BCUT2D eigenvalue weighted by Crippen LogP contribution is -2.27. The normalized spacial score (nSPS) is 12.3. The maximum atomic E-state index is 12.1. The summed E-state index contributed by atoms with van der Waals surface area (Å²) in [6.07, 6.45) is 5.47. The molecule has 2 atom stereocenters. The monoisotopic (exact) mass is 497 g/mol. The minimum atomic E-state index is -1.18. The third-order valence-corrected chi connectivity index (χ3v) is 4.72. The van der Waals surface area contributed by atoms with Crippen LogP contribution in [0.2, 0.25) is 0 Å². The lowest BCUT2D eigenvalue weighted by Gasteiger charge is -2.14. The second-order valence-electron chi connectivity index (χ2n) is 7.90. The molecule has 0 bridgehead atoms. The molecule has 196 valence electrons. The Morgan fingerprint density at radius 1 is 0.914 bits per heavy atom. The van der Waals surface area contributed by atoms with E-state index in [4.69, 9.17) is 24.1 Å². The van der Waals surface area contributed by atoms with Gasteiger partial charge in [0.15, 0.2) is 6.10 Å². The summed E-state index contributed by atoms with van der Waals surface area (Å²) in [5.74, 6) is -2.66. The van der Waals surface area contributed by atoms with Crippen LogP contribution in [0.3, 0.4) is 0 Å². The van der Waals surface area contributed by atoms with Gasteiger partial charge in [-0.05, 0) is 18.6 Å². The minimum absolute atomic E-state index is 0.0263. The van der Waals surface area contributed by atoms with Crippen molar-refractivity contribution >= 4 is 23.9 Å². The van der Waals surface area contributed by atoms with Gasteiger partial charge in [0.05, 0.1) is 12.2 Å². The van der Waals surface area contributed by atoms with Gasteiger partial charge in [-0.1, -0.05) is 39.0 Å². The molecule has 1 rings (SSSR count). The molecule has 0 saturated heterocycles. The van der Waals surface area contributed by atoms with Crippen molar-refractivity contribution in [2.45, 2.75) is 71.0 Å². The van der Waals surface area contributed by atoms with Gasteiger partial charge in [-0.2, -0.15) is 0 Å². The highest BCUT2D eigenvalue weighted by Crippen LogP contribution is 2.08. The SMILES string of the molecule is CCCCCCCCC(=O)OCC(O)COC(=O)c1ccc(C(=O)OCC(CO)OC(C)=O)cn1. The number of hydrogen-bond acceptors (Lipinski definition) is 11. The van der Waals surface area contributed by atoms with Crippen LogP contribution in [0, 0.1) is 0 Å². The van der Waals surface area contributed by atoms with E-state index in [1.54, 1.807) is 0 Å². The van der Waals surface area contributed by atoms with E-state index in [0.717, 1.165) is 45.2 Å². The number of unbranched alkanes of at least 4 members (excludes halogenated alkanes) is 5. The van der Waals surface area contributed by atoms with Crippen molar-refractivity contribution in [2.75, 3.05) is 26.4 Å². The first-order chi connectivity index (χ1) is 16.8. The Labute approximate surface area is 204 Å². The summed E-state index contributed by atoms with van der Waals surface area (Å²) in [5, 5.41) is 19.0. The lowest BCUT2D eigenvalue weighted by atomic mass is 10.1. The Morgan fingerprint density at radius 2 is 1.57 bits per heavy atom. The van der Waals surface area contributed by atoms with Crippen LogP contribution in [0.15, 0.2) is 18.3 Å². The molecule has 0 fully saturated rings. The van der Waals surface area contributed by atoms with E-state index in [9.17, 15) is 24.3 Å². The topological polar surface area (TPSA) is 159 Å². The molecule has 0 aliphatic rings. The fraction of sp³-hybridized carbons (Fsp3) is 0.625. The number of esters is 4. The zero-order valence-corrected chi connectivity index (χ0v) is 20.3. The molecule has 2 unspecified atom stereocenters. The van der Waals surface area contributed by atoms with Crippen molar-refractivity contribution in [1.29, 1.82) is 0 Å². The van der Waals surface area contributed by atoms with E-state index in [1.165, 1.54) is 18.6 Å². The van der Waals surface area contributed by atoms with Crippen molar-refractivity contribution in [3.8, 4) is 0 Å². The van der Waals surface area contributed by atoms with Crippen LogP contribution in [0.4, 0.5) is 0 Å². The summed E-state index contributed by atoms with van der Waals surface area (Å²) in [4.78, 5) is 50.5. The van der Waals surface area contributed by atoms with Gasteiger partial charge in [-0.15, -0.1) is 0 Å². The summed E-state index contributed by atoms with van der Waals surface area (Å²) >= 11 is 0. The molecule has 1 heterocycles. The highest BCUT2D eigenvalue weighted by molar-refractivity contribution is 5.91. The molecule has 0 radical (unpaired) electrons. The van der Waals surface area contributed by atoms with Gasteiger partial charge in [0, 0.05) is 19.5 Å². The number of aliphatic hydroxyl groups excluding tert-OH is 2. The molecule has 0 spiro atoms. The van der Waals surface area contributed by atoms with E-state index in [0.29, 0.717) is 0 Å². The number of ether oxygens (including phenoxy) is 4. The first-order valence-corrected chi connectivity index (χ1v) is 11.7. The van der Waals surface area contributed by atoms with Gasteiger partial charge in [0.1, 0.15) is 31.6 Å². The van der Waals surface area contributed by atoms with E-state index >= 15 is 0 Å². The van der Waals surface area contributed by atoms with Gasteiger partial charge < -0.3 is 29.2 Å². The lowest BCUT2D eigenvalue weighted by molar-refractivity contribution is -0.151. The fourth-order valence-electron chi connectivity index (χ4n) is 2.85. The highest BCUT2D eigenvalue weighted by Gasteiger charge is 2.18. The minimum Gasteiger partial charge on any atom is -0.463 e. The van der Waals surface area contributed by atoms with Gasteiger partial charge in [-0.3, -0.25) is 9.59 Å². The number of hydrogen-bond donors (Lipinski definition) is 2. The molecule has 0 amide bonds. The van der Waals surface area contributed by atoms with Crippen LogP contribution in [0.5, 0.6) is 0 Å². The molecule has 0 aromatic carbocycles. The number of rotatable bonds is 17. The Morgan fingerprint density at radius 3 is 2.20 bits per heavy atom. The molecule has 1 aromatic rings. The van der Waals surface area contributed by atoms with Crippen molar-refractivity contribution in [2.24, 2.45) is 0 Å². The number of aromatic nitrogens is 1. The molecular weight excluding hydrogens is 462 g/mol. The Bertz CT molecular complexity index is 796. The van der Waals surface area contributed by atoms with Gasteiger partial charge in [0.25, 0.3) is 0 Å². The number of carbonyl (C=O) groups excluding carboxylic acids is 4. The van der Waals surface area contributed by atoms with Crippen molar-refractivity contribution in [3.05, 3.63) is 29.6 Å². The molecule has 0 saturated carbocycles. The standard InChI is InChI=1S/C24H35NO10/c1-3-4-5-6-7-8-9-22(29)32-14-19(28)15-33-24(31)21-11-10-18(12-25-21)23(30)34-16-20(13-26)35-17(2)27/h10-12,19-20,26,28H,3-9,13-16H2,1-2H3. The first-order valence-electron chi connectivity index (χ1n) is 11.7. The first kappa shape index (κ1) is 30.0. The molecule has 11 heteroatoms. The molecule has 2 N–H and O–H groups in total. The summed E-state index contributed by atoms with van der Waals surface area (Å²) in [5.41, 5.74) is -0.0830. The van der Waals surface area contributed by atoms with Crippen LogP contribution < -0.4 is 0 Å².